The Kier molecular flexibility index (Phi) is 4.51. The maximum atomic E-state index is 5.94. The third-order valence-electron chi connectivity index (χ3n) is 7.93. The molecule has 3 heteroatoms. The number of nitrogens with zero attached hydrogens (tertiary/aromatic N) is 2. The molecule has 0 radical (unpaired) electrons. The Hall–Kier alpha value is -4.86. The summed E-state index contributed by atoms with van der Waals surface area (Å²) < 4.78 is 4.73. The summed E-state index contributed by atoms with van der Waals surface area (Å²) in [5, 5.41) is 8.95. The van der Waals surface area contributed by atoms with Crippen molar-refractivity contribution in [2.24, 2.45) is 5.73 Å². The van der Waals surface area contributed by atoms with E-state index in [1.807, 2.05) is 0 Å². The quantitative estimate of drug-likeness (QED) is 0.249. The zero-order valence-corrected chi connectivity index (χ0v) is 20.8. The van der Waals surface area contributed by atoms with Crippen LogP contribution < -0.4 is 5.73 Å². The van der Waals surface area contributed by atoms with Crippen molar-refractivity contribution in [1.29, 1.82) is 0 Å². The van der Waals surface area contributed by atoms with E-state index in [0.717, 1.165) is 11.3 Å². The van der Waals surface area contributed by atoms with Gasteiger partial charge in [-0.1, -0.05) is 78.9 Å². The first kappa shape index (κ1) is 21.2. The largest absolute Gasteiger partial charge is 0.326 e. The molecule has 8 rings (SSSR count). The summed E-state index contributed by atoms with van der Waals surface area (Å²) in [6.07, 6.45) is 2.20. The van der Waals surface area contributed by atoms with Crippen LogP contribution in [-0.4, -0.2) is 9.13 Å². The van der Waals surface area contributed by atoms with Crippen LogP contribution in [-0.2, 0) is 6.54 Å². The number of hydrogen-bond donors (Lipinski definition) is 1. The van der Waals surface area contributed by atoms with Crippen molar-refractivity contribution in [3.8, 4) is 11.4 Å². The first-order chi connectivity index (χ1) is 18.8. The molecule has 0 aliphatic heterocycles. The van der Waals surface area contributed by atoms with Gasteiger partial charge < -0.3 is 14.9 Å². The lowest BCUT2D eigenvalue weighted by Crippen LogP contribution is -1.98. The molecular weight excluding hydrogens is 462 g/mol. The van der Waals surface area contributed by atoms with Crippen LogP contribution in [0.5, 0.6) is 0 Å². The van der Waals surface area contributed by atoms with Crippen molar-refractivity contribution in [2.75, 3.05) is 0 Å². The van der Waals surface area contributed by atoms with Crippen molar-refractivity contribution >= 4 is 54.3 Å². The molecule has 0 saturated heterocycles. The number of rotatable bonds is 3. The highest BCUT2D eigenvalue weighted by atomic mass is 15.0. The Morgan fingerprint density at radius 1 is 0.474 bits per heavy atom. The molecule has 0 bridgehead atoms. The lowest BCUT2D eigenvalue weighted by molar-refractivity contribution is 1.06. The fourth-order valence-corrected chi connectivity index (χ4v) is 6.25. The number of benzene rings is 6. The van der Waals surface area contributed by atoms with Crippen LogP contribution in [0.4, 0.5) is 0 Å². The van der Waals surface area contributed by atoms with E-state index in [2.05, 4.69) is 137 Å². The van der Waals surface area contributed by atoms with Crippen molar-refractivity contribution in [3.63, 3.8) is 0 Å². The molecule has 8 aromatic rings. The predicted molar refractivity (Wildman–Crippen MR) is 161 cm³/mol. The van der Waals surface area contributed by atoms with Gasteiger partial charge in [0, 0.05) is 45.7 Å². The van der Waals surface area contributed by atoms with E-state index >= 15 is 0 Å². The molecule has 2 heterocycles. The minimum atomic E-state index is 0.536. The summed E-state index contributed by atoms with van der Waals surface area (Å²) in [6, 6.07) is 43.7. The molecule has 180 valence electrons. The van der Waals surface area contributed by atoms with Crippen molar-refractivity contribution < 1.29 is 0 Å². The van der Waals surface area contributed by atoms with Crippen molar-refractivity contribution in [1.82, 2.24) is 9.13 Å². The zero-order chi connectivity index (χ0) is 25.2. The molecule has 6 aromatic carbocycles. The van der Waals surface area contributed by atoms with Crippen LogP contribution in [0.1, 0.15) is 5.56 Å². The van der Waals surface area contributed by atoms with E-state index in [1.165, 1.54) is 59.9 Å². The lowest BCUT2D eigenvalue weighted by atomic mass is 9.96. The van der Waals surface area contributed by atoms with E-state index < -0.39 is 0 Å². The SMILES string of the molecule is NCc1ccc(-n2c3ccc4c(ccn4-c4ccccc4)c3c3c4ccccc4c4ccccc4c32)cc1. The number of aromatic nitrogens is 2. The van der Waals surface area contributed by atoms with Crippen LogP contribution >= 0.6 is 0 Å². The third kappa shape index (κ3) is 2.88. The van der Waals surface area contributed by atoms with Gasteiger partial charge in [-0.2, -0.15) is 0 Å². The monoisotopic (exact) mass is 487 g/mol. The van der Waals surface area contributed by atoms with E-state index in [4.69, 9.17) is 5.73 Å². The normalized spacial score (nSPS) is 11.9. The maximum Gasteiger partial charge on any atom is 0.0626 e. The van der Waals surface area contributed by atoms with Gasteiger partial charge in [0.15, 0.2) is 0 Å². The second-order valence-corrected chi connectivity index (χ2v) is 9.93. The summed E-state index contributed by atoms with van der Waals surface area (Å²) in [7, 11) is 0. The van der Waals surface area contributed by atoms with Gasteiger partial charge in [0.2, 0.25) is 0 Å². The number of hydrogen-bond acceptors (Lipinski definition) is 1. The second kappa shape index (κ2) is 8.07. The third-order valence-corrected chi connectivity index (χ3v) is 7.93. The molecule has 0 saturated carbocycles. The highest BCUT2D eigenvalue weighted by Crippen LogP contribution is 2.44. The molecule has 0 fully saturated rings. The van der Waals surface area contributed by atoms with Gasteiger partial charge in [0.25, 0.3) is 0 Å². The molecule has 3 nitrogen and oxygen atoms in total. The van der Waals surface area contributed by atoms with Crippen LogP contribution in [0.3, 0.4) is 0 Å². The Bertz CT molecular complexity index is 2150. The Labute approximate surface area is 219 Å². The van der Waals surface area contributed by atoms with Gasteiger partial charge in [0.05, 0.1) is 16.6 Å². The molecule has 0 aliphatic rings. The van der Waals surface area contributed by atoms with Gasteiger partial charge in [-0.05, 0) is 64.2 Å². The number of para-hydroxylation sites is 1. The Morgan fingerprint density at radius 3 is 1.84 bits per heavy atom. The average molecular weight is 488 g/mol. The van der Waals surface area contributed by atoms with E-state index in [-0.39, 0.29) is 0 Å². The van der Waals surface area contributed by atoms with E-state index in [1.54, 1.807) is 0 Å². The fraction of sp³-hybridized carbons (Fsp3) is 0.0286. The number of nitrogens with two attached hydrogens (primary N) is 1. The summed E-state index contributed by atoms with van der Waals surface area (Å²) in [4.78, 5) is 0. The van der Waals surface area contributed by atoms with Gasteiger partial charge >= 0.3 is 0 Å². The fourth-order valence-electron chi connectivity index (χ4n) is 6.25. The second-order valence-electron chi connectivity index (χ2n) is 9.93. The first-order valence-corrected chi connectivity index (χ1v) is 13.1. The molecule has 38 heavy (non-hydrogen) atoms. The molecule has 0 spiro atoms. The number of fused-ring (bicyclic) bond motifs is 10. The van der Waals surface area contributed by atoms with Gasteiger partial charge in [-0.3, -0.25) is 0 Å². The Morgan fingerprint density at radius 2 is 1.11 bits per heavy atom. The van der Waals surface area contributed by atoms with E-state index in [0.29, 0.717) is 6.54 Å². The van der Waals surface area contributed by atoms with Crippen LogP contribution in [0.15, 0.2) is 128 Å². The molecule has 0 unspecified atom stereocenters. The summed E-state index contributed by atoms with van der Waals surface area (Å²) in [5.41, 5.74) is 13.0. The molecular formula is C35H25N3. The highest BCUT2D eigenvalue weighted by molar-refractivity contribution is 6.35. The molecule has 0 aliphatic carbocycles. The van der Waals surface area contributed by atoms with Crippen LogP contribution in [0.25, 0.3) is 65.6 Å². The topological polar surface area (TPSA) is 35.9 Å². The maximum absolute atomic E-state index is 5.94. The van der Waals surface area contributed by atoms with Gasteiger partial charge in [-0.25, -0.2) is 0 Å². The summed E-state index contributed by atoms with van der Waals surface area (Å²) >= 11 is 0. The highest BCUT2D eigenvalue weighted by Gasteiger charge is 2.21. The van der Waals surface area contributed by atoms with E-state index in [9.17, 15) is 0 Å². The molecule has 2 aromatic heterocycles. The molecule has 2 N–H and O–H groups in total. The standard InChI is InChI=1S/C35H25N3/c36-22-23-14-16-25(17-15-23)38-32-19-18-31-30(20-21-37(31)24-8-2-1-3-9-24)33(32)34-28-12-6-4-10-26(28)27-11-5-7-13-29(27)35(34)38/h1-21H,22,36H2. The van der Waals surface area contributed by atoms with Crippen molar-refractivity contribution in [3.05, 3.63) is 133 Å². The van der Waals surface area contributed by atoms with Gasteiger partial charge in [0.1, 0.15) is 0 Å². The van der Waals surface area contributed by atoms with Crippen molar-refractivity contribution in [2.45, 2.75) is 6.54 Å². The zero-order valence-electron chi connectivity index (χ0n) is 20.8. The predicted octanol–water partition coefficient (Wildman–Crippen LogP) is 8.49. The first-order valence-electron chi connectivity index (χ1n) is 13.1. The molecule has 0 amide bonds. The lowest BCUT2D eigenvalue weighted by Gasteiger charge is -2.12. The van der Waals surface area contributed by atoms with Crippen LogP contribution in [0, 0.1) is 0 Å². The molecule has 0 atom stereocenters. The minimum Gasteiger partial charge on any atom is -0.326 e. The Balaban J connectivity index is 1.63. The van der Waals surface area contributed by atoms with Crippen LogP contribution in [0.2, 0.25) is 0 Å². The summed E-state index contributed by atoms with van der Waals surface area (Å²) in [6.45, 7) is 0.536. The smallest absolute Gasteiger partial charge is 0.0626 e. The average Bonchev–Trinajstić information content (AvgIpc) is 3.58. The van der Waals surface area contributed by atoms with Gasteiger partial charge in [-0.15, -0.1) is 0 Å². The summed E-state index contributed by atoms with van der Waals surface area (Å²) in [5.74, 6) is 0. The minimum absolute atomic E-state index is 0.536.